The van der Waals surface area contributed by atoms with Crippen LogP contribution in [0.15, 0.2) is 36.3 Å². The van der Waals surface area contributed by atoms with Gasteiger partial charge in [0.15, 0.2) is 0 Å². The van der Waals surface area contributed by atoms with E-state index in [0.717, 1.165) is 19.4 Å². The normalized spacial score (nSPS) is 12.2. The molecule has 0 fully saturated rings. The fourth-order valence-electron chi connectivity index (χ4n) is 1.39. The molecule has 0 saturated heterocycles. The van der Waals surface area contributed by atoms with Crippen LogP contribution >= 0.6 is 8.77 Å². The lowest BCUT2D eigenvalue weighted by Gasteiger charge is -2.10. The van der Waals surface area contributed by atoms with Crippen molar-refractivity contribution >= 4 is 8.77 Å². The molecule has 0 aromatic rings. The van der Waals surface area contributed by atoms with Crippen LogP contribution in [0.1, 0.15) is 32.6 Å². The van der Waals surface area contributed by atoms with Gasteiger partial charge < -0.3 is 15.6 Å². The Morgan fingerprint density at radius 3 is 2.74 bits per heavy atom. The van der Waals surface area contributed by atoms with Crippen molar-refractivity contribution in [3.63, 3.8) is 0 Å². The van der Waals surface area contributed by atoms with E-state index in [9.17, 15) is 8.39 Å². The average molecular weight is 292 g/mol. The molecule has 0 heterocycles. The number of nitrogens with one attached hydrogen (secondary N) is 1. The van der Waals surface area contributed by atoms with Crippen LogP contribution in [0.5, 0.6) is 0 Å². The largest absolute Gasteiger partial charge is 0.481 e. The van der Waals surface area contributed by atoms with Gasteiger partial charge in [0, 0.05) is 18.7 Å². The first kappa shape index (κ1) is 18.1. The van der Waals surface area contributed by atoms with E-state index >= 15 is 0 Å². The molecule has 0 radical (unpaired) electrons. The summed E-state index contributed by atoms with van der Waals surface area (Å²) in [5, 5.41) is 3.05. The second-order valence-corrected chi connectivity index (χ2v) is 4.55. The minimum atomic E-state index is -3.39. The summed E-state index contributed by atoms with van der Waals surface area (Å²) in [4.78, 5) is 0. The molecule has 0 aliphatic heterocycles. The predicted octanol–water partition coefficient (Wildman–Crippen LogP) is 4.25. The summed E-state index contributed by atoms with van der Waals surface area (Å²) < 4.78 is 29.2. The molecule has 110 valence electrons. The van der Waals surface area contributed by atoms with E-state index in [1.807, 2.05) is 19.1 Å². The summed E-state index contributed by atoms with van der Waals surface area (Å²) in [6, 6.07) is 0. The van der Waals surface area contributed by atoms with Crippen LogP contribution < -0.4 is 11.1 Å². The van der Waals surface area contributed by atoms with Crippen molar-refractivity contribution in [2.24, 2.45) is 5.73 Å². The maximum absolute atomic E-state index is 12.3. The summed E-state index contributed by atoms with van der Waals surface area (Å²) in [5.74, 6) is 0.269. The fraction of sp³-hybridized carbons (Fsp3) is 0.538. The van der Waals surface area contributed by atoms with Gasteiger partial charge >= 0.3 is 8.77 Å². The van der Waals surface area contributed by atoms with E-state index in [2.05, 4.69) is 16.4 Å². The molecule has 0 atom stereocenters. The third kappa shape index (κ3) is 11.9. The van der Waals surface area contributed by atoms with Crippen molar-refractivity contribution < 1.29 is 12.9 Å². The molecule has 0 unspecified atom stereocenters. The second kappa shape index (κ2) is 12.1. The Bertz CT molecular complexity index is 307. The van der Waals surface area contributed by atoms with E-state index in [4.69, 9.17) is 5.73 Å². The highest BCUT2D eigenvalue weighted by atomic mass is 31.2. The molecule has 0 amide bonds. The van der Waals surface area contributed by atoms with Gasteiger partial charge in [-0.2, -0.15) is 0 Å². The summed E-state index contributed by atoms with van der Waals surface area (Å²) >= 11 is 0. The zero-order valence-electron chi connectivity index (χ0n) is 11.4. The van der Waals surface area contributed by atoms with Gasteiger partial charge in [0.25, 0.3) is 0 Å². The lowest BCUT2D eigenvalue weighted by Crippen LogP contribution is -2.14. The van der Waals surface area contributed by atoms with Crippen LogP contribution in [0.3, 0.4) is 0 Å². The van der Waals surface area contributed by atoms with Gasteiger partial charge in [-0.05, 0) is 38.8 Å². The van der Waals surface area contributed by atoms with E-state index in [0.29, 0.717) is 25.1 Å². The minimum Gasteiger partial charge on any atom is -0.425 e. The molecule has 3 N–H and O–H groups in total. The molecule has 3 nitrogen and oxygen atoms in total. The molecule has 0 aromatic heterocycles. The van der Waals surface area contributed by atoms with Gasteiger partial charge in [0.1, 0.15) is 5.76 Å². The molecule has 6 heteroatoms. The highest BCUT2D eigenvalue weighted by Crippen LogP contribution is 2.43. The molecular weight excluding hydrogens is 269 g/mol. The Hall–Kier alpha value is -0.930. The van der Waals surface area contributed by atoms with E-state index in [-0.39, 0.29) is 5.76 Å². The van der Waals surface area contributed by atoms with Crippen LogP contribution in [0, 0.1) is 0 Å². The van der Waals surface area contributed by atoms with Gasteiger partial charge in [-0.15, -0.1) is 8.39 Å². The van der Waals surface area contributed by atoms with Gasteiger partial charge in [-0.3, -0.25) is 0 Å². The standard InChI is InChI=1S/C13H23F2N2OP/c1-3-4-5-8-13(18-19(14)15)11-12(2)17-10-7-6-9-16/h3-4,11,17H,2,5-10,16H2,1H3/b4-3-,13-11+. The number of unbranched alkanes of at least 4 members (excludes halogenated alkanes) is 1. The lowest BCUT2D eigenvalue weighted by molar-refractivity contribution is 0.386. The van der Waals surface area contributed by atoms with E-state index < -0.39 is 8.77 Å². The summed E-state index contributed by atoms with van der Waals surface area (Å²) in [5.41, 5.74) is 5.97. The molecule has 0 bridgehead atoms. The number of rotatable bonds is 11. The smallest absolute Gasteiger partial charge is 0.425 e. The van der Waals surface area contributed by atoms with E-state index in [1.54, 1.807) is 6.08 Å². The first-order valence-corrected chi connectivity index (χ1v) is 7.38. The van der Waals surface area contributed by atoms with Crippen LogP contribution in [-0.4, -0.2) is 13.1 Å². The second-order valence-electron chi connectivity index (χ2n) is 3.96. The van der Waals surface area contributed by atoms with Crippen molar-refractivity contribution in [2.45, 2.75) is 32.6 Å². The molecular formula is C13H23F2N2OP. The summed E-state index contributed by atoms with van der Waals surface area (Å²) in [6.07, 6.45) is 8.30. The van der Waals surface area contributed by atoms with Crippen LogP contribution in [0.25, 0.3) is 0 Å². The molecule has 19 heavy (non-hydrogen) atoms. The number of hydrogen-bond donors (Lipinski definition) is 2. The highest BCUT2D eigenvalue weighted by Gasteiger charge is 2.10. The summed E-state index contributed by atoms with van der Waals surface area (Å²) in [7, 11) is -3.39. The molecule has 0 rings (SSSR count). The van der Waals surface area contributed by atoms with Gasteiger partial charge in [0.05, 0.1) is 0 Å². The van der Waals surface area contributed by atoms with Crippen molar-refractivity contribution in [2.75, 3.05) is 13.1 Å². The monoisotopic (exact) mass is 292 g/mol. The van der Waals surface area contributed by atoms with Crippen LogP contribution in [0.2, 0.25) is 0 Å². The Balaban J connectivity index is 4.22. The predicted molar refractivity (Wildman–Crippen MR) is 77.8 cm³/mol. The third-order valence-corrected chi connectivity index (χ3v) is 2.67. The molecule has 0 aliphatic rings. The molecule has 0 saturated carbocycles. The van der Waals surface area contributed by atoms with Gasteiger partial charge in [-0.25, -0.2) is 0 Å². The quantitative estimate of drug-likeness (QED) is 0.197. The Morgan fingerprint density at radius 1 is 1.42 bits per heavy atom. The fourth-order valence-corrected chi connectivity index (χ4v) is 1.71. The van der Waals surface area contributed by atoms with Crippen molar-refractivity contribution in [3.8, 4) is 0 Å². The zero-order chi connectivity index (χ0) is 14.5. The SMILES string of the molecule is C=C(/C=C(\CC/C=C\C)OP(F)F)NCCCCN. The lowest BCUT2D eigenvalue weighted by atomic mass is 10.2. The van der Waals surface area contributed by atoms with Gasteiger partial charge in [0.2, 0.25) is 0 Å². The van der Waals surface area contributed by atoms with E-state index in [1.165, 1.54) is 0 Å². The number of halogens is 2. The highest BCUT2D eigenvalue weighted by molar-refractivity contribution is 7.40. The third-order valence-electron chi connectivity index (χ3n) is 2.30. The van der Waals surface area contributed by atoms with Gasteiger partial charge in [-0.1, -0.05) is 18.7 Å². The molecule has 0 aliphatic carbocycles. The number of allylic oxidation sites excluding steroid dienone is 4. The summed E-state index contributed by atoms with van der Waals surface area (Å²) in [6.45, 7) is 7.04. The first-order valence-electron chi connectivity index (χ1n) is 6.34. The maximum atomic E-state index is 12.3. The number of hydrogen-bond acceptors (Lipinski definition) is 3. The Kier molecular flexibility index (Phi) is 11.5. The average Bonchev–Trinajstić information content (AvgIpc) is 2.34. The Morgan fingerprint density at radius 2 is 2.16 bits per heavy atom. The Labute approximate surface area is 115 Å². The van der Waals surface area contributed by atoms with Crippen molar-refractivity contribution in [1.82, 2.24) is 5.32 Å². The van der Waals surface area contributed by atoms with Crippen LogP contribution in [-0.2, 0) is 4.52 Å². The first-order chi connectivity index (χ1) is 9.10. The molecule has 0 spiro atoms. The van der Waals surface area contributed by atoms with Crippen LogP contribution in [0.4, 0.5) is 8.39 Å². The number of nitrogens with two attached hydrogens (primary N) is 1. The zero-order valence-corrected chi connectivity index (χ0v) is 12.3. The minimum absolute atomic E-state index is 0.269. The maximum Gasteiger partial charge on any atom is 0.481 e. The van der Waals surface area contributed by atoms with Crippen molar-refractivity contribution in [1.29, 1.82) is 0 Å². The molecule has 0 aromatic carbocycles. The topological polar surface area (TPSA) is 47.3 Å². The van der Waals surface area contributed by atoms with Crippen molar-refractivity contribution in [3.05, 3.63) is 36.3 Å².